The number of nitrogens with zero attached hydrogens (tertiary/aromatic N) is 2. The molecule has 2 rings (SSSR count). The van der Waals surface area contributed by atoms with Crippen molar-refractivity contribution in [3.63, 3.8) is 0 Å². The first-order chi connectivity index (χ1) is 8.81. The van der Waals surface area contributed by atoms with Gasteiger partial charge in [0.25, 0.3) is 0 Å². The number of hydrogen-bond acceptors (Lipinski definition) is 4. The van der Waals surface area contributed by atoms with Gasteiger partial charge in [-0.05, 0) is 42.0 Å². The van der Waals surface area contributed by atoms with Gasteiger partial charge in [-0.25, -0.2) is 0 Å². The van der Waals surface area contributed by atoms with Crippen molar-refractivity contribution in [1.29, 1.82) is 0 Å². The molecular weight excluding hydrogens is 228 g/mol. The molecule has 1 N–H and O–H groups in total. The van der Waals surface area contributed by atoms with E-state index in [4.69, 9.17) is 9.84 Å². The summed E-state index contributed by atoms with van der Waals surface area (Å²) in [5.41, 5.74) is 2.38. The molecule has 2 aromatic rings. The lowest BCUT2D eigenvalue weighted by atomic mass is 10.2. The smallest absolute Gasteiger partial charge is 0.119 e. The standard InChI is InChI=1S/C14H14N2O2/c1-18-14-8-6-13(7-9-14)16-15-12-4-2-11(10-17)3-5-12/h2-9,17H,10H2,1H3/b16-15+. The Labute approximate surface area is 106 Å². The number of aliphatic hydroxyl groups excluding tert-OH is 1. The summed E-state index contributed by atoms with van der Waals surface area (Å²) < 4.78 is 5.06. The van der Waals surface area contributed by atoms with Crippen LogP contribution in [0.5, 0.6) is 5.75 Å². The quantitative estimate of drug-likeness (QED) is 0.833. The lowest BCUT2D eigenvalue weighted by Crippen LogP contribution is -1.80. The number of azo groups is 1. The fraction of sp³-hybridized carbons (Fsp3) is 0.143. The summed E-state index contributed by atoms with van der Waals surface area (Å²) in [7, 11) is 1.62. The molecule has 0 aliphatic rings. The van der Waals surface area contributed by atoms with Crippen molar-refractivity contribution in [2.75, 3.05) is 7.11 Å². The Morgan fingerprint density at radius 2 is 1.39 bits per heavy atom. The highest BCUT2D eigenvalue weighted by Gasteiger charge is 1.93. The predicted octanol–water partition coefficient (Wildman–Crippen LogP) is 3.60. The molecule has 0 aromatic heterocycles. The van der Waals surface area contributed by atoms with E-state index in [1.165, 1.54) is 0 Å². The second kappa shape index (κ2) is 5.93. The minimum Gasteiger partial charge on any atom is -0.497 e. The highest BCUT2D eigenvalue weighted by molar-refractivity contribution is 5.43. The highest BCUT2D eigenvalue weighted by Crippen LogP contribution is 2.21. The molecule has 0 amide bonds. The Morgan fingerprint density at radius 3 is 1.83 bits per heavy atom. The van der Waals surface area contributed by atoms with Gasteiger partial charge in [-0.3, -0.25) is 0 Å². The van der Waals surface area contributed by atoms with Crippen LogP contribution >= 0.6 is 0 Å². The van der Waals surface area contributed by atoms with Gasteiger partial charge in [0, 0.05) is 0 Å². The fourth-order valence-electron chi connectivity index (χ4n) is 1.43. The van der Waals surface area contributed by atoms with Crippen LogP contribution in [0.2, 0.25) is 0 Å². The summed E-state index contributed by atoms with van der Waals surface area (Å²) >= 11 is 0. The van der Waals surface area contributed by atoms with Crippen LogP contribution in [0, 0.1) is 0 Å². The van der Waals surface area contributed by atoms with Crippen molar-refractivity contribution in [2.45, 2.75) is 6.61 Å². The van der Waals surface area contributed by atoms with E-state index in [-0.39, 0.29) is 6.61 Å². The van der Waals surface area contributed by atoms with Crippen LogP contribution in [-0.4, -0.2) is 12.2 Å². The molecule has 0 radical (unpaired) electrons. The highest BCUT2D eigenvalue weighted by atomic mass is 16.5. The van der Waals surface area contributed by atoms with Crippen molar-refractivity contribution in [3.8, 4) is 5.75 Å². The summed E-state index contributed by atoms with van der Waals surface area (Å²) in [4.78, 5) is 0. The Morgan fingerprint density at radius 1 is 0.889 bits per heavy atom. The van der Waals surface area contributed by atoms with Gasteiger partial charge in [0.1, 0.15) is 5.75 Å². The zero-order chi connectivity index (χ0) is 12.8. The number of aliphatic hydroxyl groups is 1. The number of methoxy groups -OCH3 is 1. The normalized spacial score (nSPS) is 10.8. The minimum atomic E-state index is 0.0376. The zero-order valence-electron chi connectivity index (χ0n) is 10.1. The minimum absolute atomic E-state index is 0.0376. The molecule has 0 atom stereocenters. The number of rotatable bonds is 4. The number of benzene rings is 2. The molecule has 0 aliphatic carbocycles. The predicted molar refractivity (Wildman–Crippen MR) is 69.5 cm³/mol. The second-order valence-corrected chi connectivity index (χ2v) is 3.72. The van der Waals surface area contributed by atoms with Crippen LogP contribution in [-0.2, 0) is 6.61 Å². The summed E-state index contributed by atoms with van der Waals surface area (Å²) in [6, 6.07) is 14.6. The molecule has 0 bridgehead atoms. The van der Waals surface area contributed by atoms with Crippen molar-refractivity contribution >= 4 is 11.4 Å². The number of hydrogen-bond donors (Lipinski definition) is 1. The van der Waals surface area contributed by atoms with Crippen molar-refractivity contribution in [2.24, 2.45) is 10.2 Å². The molecule has 0 heterocycles. The SMILES string of the molecule is COc1ccc(/N=N/c2ccc(CO)cc2)cc1. The maximum absolute atomic E-state index is 8.92. The van der Waals surface area contributed by atoms with Gasteiger partial charge in [-0.15, -0.1) is 0 Å². The van der Waals surface area contributed by atoms with Crippen molar-refractivity contribution in [3.05, 3.63) is 54.1 Å². The monoisotopic (exact) mass is 242 g/mol. The van der Waals surface area contributed by atoms with Gasteiger partial charge in [0.2, 0.25) is 0 Å². The Bertz CT molecular complexity index is 469. The van der Waals surface area contributed by atoms with E-state index in [2.05, 4.69) is 10.2 Å². The second-order valence-electron chi connectivity index (χ2n) is 3.72. The maximum atomic E-state index is 8.92. The van der Waals surface area contributed by atoms with Gasteiger partial charge in [-0.2, -0.15) is 10.2 Å². The molecule has 92 valence electrons. The molecule has 4 nitrogen and oxygen atoms in total. The topological polar surface area (TPSA) is 54.2 Å². The van der Waals surface area contributed by atoms with Gasteiger partial charge in [0.05, 0.1) is 25.1 Å². The molecule has 4 heteroatoms. The fourth-order valence-corrected chi connectivity index (χ4v) is 1.43. The first-order valence-corrected chi connectivity index (χ1v) is 5.57. The maximum Gasteiger partial charge on any atom is 0.119 e. The molecule has 0 saturated heterocycles. The third-order valence-electron chi connectivity index (χ3n) is 2.47. The zero-order valence-corrected chi connectivity index (χ0v) is 10.1. The largest absolute Gasteiger partial charge is 0.497 e. The lowest BCUT2D eigenvalue weighted by Gasteiger charge is -1.98. The Kier molecular flexibility index (Phi) is 4.04. The molecule has 0 unspecified atom stereocenters. The average molecular weight is 242 g/mol. The molecule has 18 heavy (non-hydrogen) atoms. The van der Waals surface area contributed by atoms with Crippen LogP contribution < -0.4 is 4.74 Å². The molecule has 0 fully saturated rings. The van der Waals surface area contributed by atoms with E-state index in [1.807, 2.05) is 48.5 Å². The average Bonchev–Trinajstić information content (AvgIpc) is 2.46. The van der Waals surface area contributed by atoms with E-state index in [0.717, 1.165) is 22.7 Å². The van der Waals surface area contributed by atoms with Crippen LogP contribution in [0.3, 0.4) is 0 Å². The van der Waals surface area contributed by atoms with Crippen LogP contribution in [0.25, 0.3) is 0 Å². The number of ether oxygens (including phenoxy) is 1. The molecular formula is C14H14N2O2. The van der Waals surface area contributed by atoms with Crippen molar-refractivity contribution < 1.29 is 9.84 Å². The van der Waals surface area contributed by atoms with E-state index < -0.39 is 0 Å². The van der Waals surface area contributed by atoms with Gasteiger partial charge >= 0.3 is 0 Å². The van der Waals surface area contributed by atoms with E-state index in [1.54, 1.807) is 7.11 Å². The summed E-state index contributed by atoms with van der Waals surface area (Å²) in [5.74, 6) is 0.793. The molecule has 0 aliphatic heterocycles. The Balaban J connectivity index is 2.08. The molecule has 0 spiro atoms. The van der Waals surface area contributed by atoms with Crippen LogP contribution in [0.15, 0.2) is 58.8 Å². The van der Waals surface area contributed by atoms with Crippen LogP contribution in [0.1, 0.15) is 5.56 Å². The van der Waals surface area contributed by atoms with Gasteiger partial charge in [-0.1, -0.05) is 12.1 Å². The Hall–Kier alpha value is -2.20. The summed E-state index contributed by atoms with van der Waals surface area (Å²) in [5, 5.41) is 17.1. The first kappa shape index (κ1) is 12.3. The van der Waals surface area contributed by atoms with E-state index in [9.17, 15) is 0 Å². The molecule has 0 saturated carbocycles. The van der Waals surface area contributed by atoms with Gasteiger partial charge < -0.3 is 9.84 Å². The third kappa shape index (κ3) is 3.15. The lowest BCUT2D eigenvalue weighted by molar-refractivity contribution is 0.282. The summed E-state index contributed by atoms with van der Waals surface area (Å²) in [6.45, 7) is 0.0376. The first-order valence-electron chi connectivity index (χ1n) is 5.57. The van der Waals surface area contributed by atoms with E-state index >= 15 is 0 Å². The summed E-state index contributed by atoms with van der Waals surface area (Å²) in [6.07, 6.45) is 0. The van der Waals surface area contributed by atoms with Crippen LogP contribution in [0.4, 0.5) is 11.4 Å². The molecule has 2 aromatic carbocycles. The third-order valence-corrected chi connectivity index (χ3v) is 2.47. The van der Waals surface area contributed by atoms with Crippen molar-refractivity contribution in [1.82, 2.24) is 0 Å². The van der Waals surface area contributed by atoms with Gasteiger partial charge in [0.15, 0.2) is 0 Å². The van der Waals surface area contributed by atoms with E-state index in [0.29, 0.717) is 0 Å².